The number of amides is 1. The molecule has 7 nitrogen and oxygen atoms in total. The number of benzene rings is 2. The van der Waals surface area contributed by atoms with Crippen LogP contribution < -0.4 is 10.2 Å². The summed E-state index contributed by atoms with van der Waals surface area (Å²) in [6.07, 6.45) is 0. The van der Waals surface area contributed by atoms with Gasteiger partial charge in [-0.15, -0.1) is 22.7 Å². The minimum Gasteiger partial charge on any atom is -0.325 e. The van der Waals surface area contributed by atoms with Crippen LogP contribution in [0.15, 0.2) is 64.2 Å². The van der Waals surface area contributed by atoms with Crippen molar-refractivity contribution < 1.29 is 18.1 Å². The van der Waals surface area contributed by atoms with E-state index in [1.165, 1.54) is 25.9 Å². The average Bonchev–Trinajstić information content (AvgIpc) is 3.50. The standard InChI is InChI=1S/C24H24N4O3S3/c1-17-4-9-20-21(15-17)33-24(26-20)18-5-7-19(8-6-18)25-22(29)16-27-10-12-28(13-11-27)34(30,31)23-3-2-14-32-23/h2-9,14-15H,10-13,16H2,1H3,(H,25,29)/p+1. The van der Waals surface area contributed by atoms with E-state index in [0.717, 1.165) is 26.7 Å². The predicted octanol–water partition coefficient (Wildman–Crippen LogP) is 2.86. The Bertz CT molecular complexity index is 1410. The van der Waals surface area contributed by atoms with Gasteiger partial charge in [0.1, 0.15) is 9.22 Å². The number of thiazole rings is 1. The molecule has 0 spiro atoms. The van der Waals surface area contributed by atoms with Crippen LogP contribution in [0.25, 0.3) is 20.8 Å². The number of thiophene rings is 1. The second kappa shape index (κ2) is 9.55. The van der Waals surface area contributed by atoms with Gasteiger partial charge in [0.05, 0.1) is 36.4 Å². The third kappa shape index (κ3) is 4.91. The van der Waals surface area contributed by atoms with E-state index in [4.69, 9.17) is 4.98 Å². The highest BCUT2D eigenvalue weighted by Crippen LogP contribution is 2.31. The molecule has 3 heterocycles. The highest BCUT2D eigenvalue weighted by atomic mass is 32.2. The van der Waals surface area contributed by atoms with Crippen LogP contribution in [0.2, 0.25) is 0 Å². The molecule has 1 saturated heterocycles. The van der Waals surface area contributed by atoms with Gasteiger partial charge in [0, 0.05) is 11.3 Å². The van der Waals surface area contributed by atoms with Crippen LogP contribution in [0.4, 0.5) is 5.69 Å². The first-order valence-corrected chi connectivity index (χ1v) is 14.2. The van der Waals surface area contributed by atoms with E-state index in [1.807, 2.05) is 30.3 Å². The summed E-state index contributed by atoms with van der Waals surface area (Å²) in [5.41, 5.74) is 3.97. The average molecular weight is 514 g/mol. The molecular formula is C24H25N4O3S3+. The maximum absolute atomic E-state index is 12.7. The number of rotatable bonds is 6. The fraction of sp³-hybridized carbons (Fsp3) is 0.250. The summed E-state index contributed by atoms with van der Waals surface area (Å²) >= 11 is 2.89. The van der Waals surface area contributed by atoms with Crippen molar-refractivity contribution in [3.63, 3.8) is 0 Å². The third-order valence-corrected chi connectivity index (χ3v) is 10.2. The van der Waals surface area contributed by atoms with Gasteiger partial charge in [-0.25, -0.2) is 13.4 Å². The van der Waals surface area contributed by atoms with Crippen LogP contribution in [-0.4, -0.2) is 56.3 Å². The molecule has 0 bridgehead atoms. The van der Waals surface area contributed by atoms with E-state index in [-0.39, 0.29) is 5.91 Å². The van der Waals surface area contributed by atoms with Crippen LogP contribution in [0.3, 0.4) is 0 Å². The fourth-order valence-corrected chi connectivity index (χ4v) is 7.70. The monoisotopic (exact) mass is 513 g/mol. The zero-order valence-corrected chi connectivity index (χ0v) is 21.1. The first kappa shape index (κ1) is 23.1. The largest absolute Gasteiger partial charge is 0.325 e. The van der Waals surface area contributed by atoms with Gasteiger partial charge in [0.2, 0.25) is 0 Å². The molecule has 2 aromatic heterocycles. The number of anilines is 1. The van der Waals surface area contributed by atoms with Crippen molar-refractivity contribution in [1.82, 2.24) is 9.29 Å². The van der Waals surface area contributed by atoms with Crippen molar-refractivity contribution >= 4 is 54.5 Å². The van der Waals surface area contributed by atoms with Crippen molar-refractivity contribution in [2.75, 3.05) is 38.0 Å². The molecule has 10 heteroatoms. The highest BCUT2D eigenvalue weighted by molar-refractivity contribution is 7.91. The number of nitrogens with zero attached hydrogens (tertiary/aromatic N) is 2. The molecule has 0 radical (unpaired) electrons. The summed E-state index contributed by atoms with van der Waals surface area (Å²) in [5.74, 6) is -0.0761. The molecule has 4 aromatic rings. The van der Waals surface area contributed by atoms with E-state index in [2.05, 4.69) is 24.4 Å². The van der Waals surface area contributed by atoms with Crippen molar-refractivity contribution in [2.45, 2.75) is 11.1 Å². The van der Waals surface area contributed by atoms with Crippen LogP contribution in [0.1, 0.15) is 5.56 Å². The SMILES string of the molecule is Cc1ccc2nc(-c3ccc(NC(=O)C[NH+]4CCN(S(=O)(=O)c5cccs5)CC4)cc3)sc2c1. The van der Waals surface area contributed by atoms with Gasteiger partial charge in [0.15, 0.2) is 6.54 Å². The van der Waals surface area contributed by atoms with Gasteiger partial charge >= 0.3 is 0 Å². The molecule has 1 fully saturated rings. The summed E-state index contributed by atoms with van der Waals surface area (Å²) in [6.45, 7) is 4.43. The Labute approximate surface area is 206 Å². The van der Waals surface area contributed by atoms with Crippen molar-refractivity contribution in [3.05, 3.63) is 65.5 Å². The van der Waals surface area contributed by atoms with E-state index in [1.54, 1.807) is 28.8 Å². The lowest BCUT2D eigenvalue weighted by molar-refractivity contribution is -0.895. The lowest BCUT2D eigenvalue weighted by Crippen LogP contribution is -3.15. The fourth-order valence-electron chi connectivity index (χ4n) is 4.04. The van der Waals surface area contributed by atoms with Crippen LogP contribution in [0.5, 0.6) is 0 Å². The van der Waals surface area contributed by atoms with Gasteiger partial charge in [-0.1, -0.05) is 12.1 Å². The number of nitrogens with one attached hydrogen (secondary N) is 2. The van der Waals surface area contributed by atoms with Crippen LogP contribution >= 0.6 is 22.7 Å². The highest BCUT2D eigenvalue weighted by Gasteiger charge is 2.31. The summed E-state index contributed by atoms with van der Waals surface area (Å²) in [5, 5.41) is 5.68. The minimum atomic E-state index is -3.42. The molecule has 1 amide bonds. The number of hydrogen-bond acceptors (Lipinski definition) is 6. The Kier molecular flexibility index (Phi) is 6.50. The lowest BCUT2D eigenvalue weighted by Gasteiger charge is -2.30. The Morgan fingerprint density at radius 3 is 2.59 bits per heavy atom. The molecule has 2 aromatic carbocycles. The van der Waals surface area contributed by atoms with Gasteiger partial charge in [-0.3, -0.25) is 4.79 Å². The second-order valence-corrected chi connectivity index (χ2v) is 12.5. The number of aryl methyl sites for hydroxylation is 1. The number of quaternary nitrogens is 1. The van der Waals surface area contributed by atoms with E-state index in [0.29, 0.717) is 36.9 Å². The number of sulfonamides is 1. The van der Waals surface area contributed by atoms with Gasteiger partial charge in [-0.05, 0) is 60.3 Å². The summed E-state index contributed by atoms with van der Waals surface area (Å²) in [7, 11) is -3.42. The molecule has 0 unspecified atom stereocenters. The molecule has 1 aliphatic heterocycles. The van der Waals surface area contributed by atoms with Crippen molar-refractivity contribution in [2.24, 2.45) is 0 Å². The number of carbonyl (C=O) groups excluding carboxylic acids is 1. The number of carbonyl (C=O) groups is 1. The van der Waals surface area contributed by atoms with Crippen LogP contribution in [0, 0.1) is 6.92 Å². The molecular weight excluding hydrogens is 488 g/mol. The molecule has 34 heavy (non-hydrogen) atoms. The predicted molar refractivity (Wildman–Crippen MR) is 137 cm³/mol. The molecule has 176 valence electrons. The first-order chi connectivity index (χ1) is 16.4. The van der Waals surface area contributed by atoms with Gasteiger partial charge in [-0.2, -0.15) is 4.31 Å². The number of aromatic nitrogens is 1. The Hall–Kier alpha value is -2.63. The molecule has 0 aliphatic carbocycles. The summed E-state index contributed by atoms with van der Waals surface area (Å²) in [4.78, 5) is 18.4. The smallest absolute Gasteiger partial charge is 0.279 e. The van der Waals surface area contributed by atoms with Crippen LogP contribution in [-0.2, 0) is 14.8 Å². The number of piperazine rings is 1. The van der Waals surface area contributed by atoms with Crippen molar-refractivity contribution in [3.8, 4) is 10.6 Å². The van der Waals surface area contributed by atoms with E-state index >= 15 is 0 Å². The zero-order valence-electron chi connectivity index (χ0n) is 18.7. The number of hydrogen-bond donors (Lipinski definition) is 2. The minimum absolute atomic E-state index is 0.0761. The quantitative estimate of drug-likeness (QED) is 0.415. The molecule has 2 N–H and O–H groups in total. The third-order valence-electron chi connectivity index (χ3n) is 5.89. The summed E-state index contributed by atoms with van der Waals surface area (Å²) < 4.78 is 28.4. The lowest BCUT2D eigenvalue weighted by atomic mass is 10.2. The normalized spacial score (nSPS) is 15.6. The topological polar surface area (TPSA) is 83.8 Å². The van der Waals surface area contributed by atoms with E-state index in [9.17, 15) is 13.2 Å². The Morgan fingerprint density at radius 1 is 1.12 bits per heavy atom. The summed E-state index contributed by atoms with van der Waals surface area (Å²) in [6, 6.07) is 17.4. The Morgan fingerprint density at radius 2 is 1.88 bits per heavy atom. The maximum Gasteiger partial charge on any atom is 0.279 e. The molecule has 1 aliphatic rings. The van der Waals surface area contributed by atoms with Gasteiger partial charge < -0.3 is 10.2 Å². The molecule has 0 atom stereocenters. The zero-order chi connectivity index (χ0) is 23.7. The molecule has 0 saturated carbocycles. The Balaban J connectivity index is 1.15. The van der Waals surface area contributed by atoms with E-state index < -0.39 is 10.0 Å². The number of fused-ring (bicyclic) bond motifs is 1. The first-order valence-electron chi connectivity index (χ1n) is 11.0. The second-order valence-electron chi connectivity index (χ2n) is 8.38. The maximum atomic E-state index is 12.7. The molecule has 5 rings (SSSR count). The van der Waals surface area contributed by atoms with Gasteiger partial charge in [0.25, 0.3) is 15.9 Å². The van der Waals surface area contributed by atoms with Crippen molar-refractivity contribution in [1.29, 1.82) is 0 Å².